The molecule has 0 unspecified atom stereocenters. The van der Waals surface area contributed by atoms with Crippen molar-refractivity contribution in [2.24, 2.45) is 0 Å². The normalized spacial score (nSPS) is 10.1. The van der Waals surface area contributed by atoms with Gasteiger partial charge in [0.15, 0.2) is 5.16 Å². The summed E-state index contributed by atoms with van der Waals surface area (Å²) >= 11 is 1.58. The van der Waals surface area contributed by atoms with Crippen molar-refractivity contribution >= 4 is 11.8 Å². The Morgan fingerprint density at radius 3 is 3.21 bits per heavy atom. The molecule has 0 saturated heterocycles. The largest absolute Gasteiger partial charge is 0.493 e. The van der Waals surface area contributed by atoms with E-state index < -0.39 is 0 Å². The van der Waals surface area contributed by atoms with E-state index in [4.69, 9.17) is 4.74 Å². The maximum Gasteiger partial charge on any atom is 0.183 e. The molecule has 0 spiro atoms. The molecule has 0 amide bonds. The number of rotatable bonds is 8. The molecule has 0 saturated carbocycles. The molecule has 0 aliphatic rings. The summed E-state index contributed by atoms with van der Waals surface area (Å²) in [6, 6.07) is 8.01. The van der Waals surface area contributed by atoms with Crippen molar-refractivity contribution in [3.05, 3.63) is 48.9 Å². The van der Waals surface area contributed by atoms with Gasteiger partial charge in [-0.25, -0.2) is 4.98 Å². The molecule has 0 bridgehead atoms. The van der Waals surface area contributed by atoms with Gasteiger partial charge in [0.2, 0.25) is 0 Å². The molecule has 1 heterocycles. The van der Waals surface area contributed by atoms with Crippen LogP contribution < -0.4 is 10.1 Å². The number of benzene rings is 1. The summed E-state index contributed by atoms with van der Waals surface area (Å²) < 4.78 is 5.69. The predicted octanol–water partition coefficient (Wildman–Crippen LogP) is 2.21. The van der Waals surface area contributed by atoms with E-state index in [-0.39, 0.29) is 0 Å². The molecular weight excluding hydrogens is 260 g/mol. The van der Waals surface area contributed by atoms with E-state index in [1.54, 1.807) is 18.0 Å². The molecule has 2 rings (SSSR count). The average Bonchev–Trinajstić information content (AvgIpc) is 2.95. The maximum absolute atomic E-state index is 5.69. The molecule has 5 nitrogen and oxygen atoms in total. The molecule has 6 heteroatoms. The van der Waals surface area contributed by atoms with Crippen LogP contribution in [0.1, 0.15) is 5.56 Å². The number of H-pyrrole nitrogens is 1. The van der Waals surface area contributed by atoms with Gasteiger partial charge in [-0.15, -0.1) is 0 Å². The Labute approximate surface area is 116 Å². The minimum atomic E-state index is 0.629. The lowest BCUT2D eigenvalue weighted by atomic mass is 10.2. The van der Waals surface area contributed by atoms with Crippen LogP contribution in [0, 0.1) is 0 Å². The summed E-state index contributed by atoms with van der Waals surface area (Å²) in [5.41, 5.74) is 1.17. The number of ether oxygens (including phenoxy) is 1. The molecule has 100 valence electrons. The van der Waals surface area contributed by atoms with Crippen LogP contribution >= 0.6 is 11.8 Å². The van der Waals surface area contributed by atoms with Gasteiger partial charge < -0.3 is 10.1 Å². The Kier molecular flexibility index (Phi) is 5.31. The Morgan fingerprint density at radius 1 is 1.47 bits per heavy atom. The molecule has 1 aromatic carbocycles. The zero-order chi connectivity index (χ0) is 13.3. The zero-order valence-electron chi connectivity index (χ0n) is 10.5. The lowest BCUT2D eigenvalue weighted by Gasteiger charge is -2.07. The summed E-state index contributed by atoms with van der Waals surface area (Å²) in [5.74, 6) is 1.70. The second-order valence-electron chi connectivity index (χ2n) is 3.72. The first kappa shape index (κ1) is 13.5. The molecule has 0 radical (unpaired) electrons. The Morgan fingerprint density at radius 2 is 2.42 bits per heavy atom. The van der Waals surface area contributed by atoms with Crippen molar-refractivity contribution in [3.63, 3.8) is 0 Å². The highest BCUT2D eigenvalue weighted by atomic mass is 32.2. The highest BCUT2D eigenvalue weighted by Crippen LogP contribution is 2.15. The first-order valence-corrected chi connectivity index (χ1v) is 6.91. The number of nitrogens with zero attached hydrogens (tertiary/aromatic N) is 2. The minimum absolute atomic E-state index is 0.629. The van der Waals surface area contributed by atoms with Crippen LogP contribution in [-0.4, -0.2) is 27.5 Å². The molecule has 0 aliphatic heterocycles. The summed E-state index contributed by atoms with van der Waals surface area (Å²) in [5, 5.41) is 10.5. The first-order valence-electron chi connectivity index (χ1n) is 5.92. The quantitative estimate of drug-likeness (QED) is 0.572. The van der Waals surface area contributed by atoms with Gasteiger partial charge in [-0.05, 0) is 23.9 Å². The third-order valence-electron chi connectivity index (χ3n) is 2.33. The lowest BCUT2D eigenvalue weighted by Crippen LogP contribution is -2.04. The smallest absolute Gasteiger partial charge is 0.183 e. The summed E-state index contributed by atoms with van der Waals surface area (Å²) in [6.45, 7) is 5.01. The van der Waals surface area contributed by atoms with Gasteiger partial charge in [-0.3, -0.25) is 5.10 Å². The van der Waals surface area contributed by atoms with Crippen LogP contribution in [-0.2, 0) is 6.54 Å². The van der Waals surface area contributed by atoms with E-state index in [9.17, 15) is 0 Å². The minimum Gasteiger partial charge on any atom is -0.493 e. The van der Waals surface area contributed by atoms with Crippen LogP contribution in [0.2, 0.25) is 0 Å². The number of hydrogen-bond acceptors (Lipinski definition) is 5. The molecule has 1 aromatic heterocycles. The third-order valence-corrected chi connectivity index (χ3v) is 3.17. The zero-order valence-corrected chi connectivity index (χ0v) is 11.3. The van der Waals surface area contributed by atoms with Gasteiger partial charge in [0.05, 0.1) is 6.61 Å². The number of hydrogen-bond donors (Lipinski definition) is 2. The molecule has 0 fully saturated rings. The van der Waals surface area contributed by atoms with Crippen LogP contribution in [0.25, 0.3) is 0 Å². The fraction of sp³-hybridized carbons (Fsp3) is 0.231. The average molecular weight is 276 g/mol. The van der Waals surface area contributed by atoms with Crippen LogP contribution in [0.4, 0.5) is 0 Å². The maximum atomic E-state index is 5.69. The Bertz CT molecular complexity index is 501. The molecule has 0 aliphatic carbocycles. The van der Waals surface area contributed by atoms with Crippen molar-refractivity contribution < 1.29 is 4.74 Å². The van der Waals surface area contributed by atoms with E-state index in [0.717, 1.165) is 23.2 Å². The van der Waals surface area contributed by atoms with E-state index in [0.29, 0.717) is 6.61 Å². The second kappa shape index (κ2) is 7.48. The number of aromatic nitrogens is 3. The lowest BCUT2D eigenvalue weighted by molar-refractivity contribution is 0.343. The molecule has 2 aromatic rings. The van der Waals surface area contributed by atoms with E-state index in [1.165, 1.54) is 11.9 Å². The van der Waals surface area contributed by atoms with Crippen molar-refractivity contribution in [1.29, 1.82) is 0 Å². The third kappa shape index (κ3) is 4.67. The highest BCUT2D eigenvalue weighted by molar-refractivity contribution is 7.99. The number of thioether (sulfide) groups is 1. The van der Waals surface area contributed by atoms with E-state index >= 15 is 0 Å². The van der Waals surface area contributed by atoms with Crippen molar-refractivity contribution in [3.8, 4) is 5.75 Å². The highest BCUT2D eigenvalue weighted by Gasteiger charge is 1.99. The summed E-state index contributed by atoms with van der Waals surface area (Å²) in [7, 11) is 0. The predicted molar refractivity (Wildman–Crippen MR) is 76.1 cm³/mol. The van der Waals surface area contributed by atoms with Crippen molar-refractivity contribution in [1.82, 2.24) is 20.5 Å². The number of aromatic amines is 1. The van der Waals surface area contributed by atoms with Crippen molar-refractivity contribution in [2.75, 3.05) is 12.4 Å². The SMILES string of the molecule is C=CNCc1cccc(OCCSc2ncn[nH]2)c1. The first-order chi connectivity index (χ1) is 9.38. The van der Waals surface area contributed by atoms with Gasteiger partial charge in [0.25, 0.3) is 0 Å². The van der Waals surface area contributed by atoms with Gasteiger partial charge in [0.1, 0.15) is 12.1 Å². The summed E-state index contributed by atoms with van der Waals surface area (Å²) in [6.07, 6.45) is 3.18. The monoisotopic (exact) mass is 276 g/mol. The van der Waals surface area contributed by atoms with Crippen LogP contribution in [0.15, 0.2) is 48.5 Å². The van der Waals surface area contributed by atoms with Gasteiger partial charge in [-0.2, -0.15) is 5.10 Å². The van der Waals surface area contributed by atoms with Gasteiger partial charge in [-0.1, -0.05) is 30.5 Å². The Balaban J connectivity index is 1.74. The second-order valence-corrected chi connectivity index (χ2v) is 4.80. The number of nitrogens with one attached hydrogen (secondary N) is 2. The van der Waals surface area contributed by atoms with E-state index in [2.05, 4.69) is 27.1 Å². The standard InChI is InChI=1S/C13H16N4OS/c1-2-14-9-11-4-3-5-12(8-11)18-6-7-19-13-15-10-16-17-13/h2-5,8,10,14H,1,6-7,9H2,(H,15,16,17). The van der Waals surface area contributed by atoms with Crippen LogP contribution in [0.5, 0.6) is 5.75 Å². The van der Waals surface area contributed by atoms with Gasteiger partial charge >= 0.3 is 0 Å². The van der Waals surface area contributed by atoms with E-state index in [1.807, 2.05) is 24.3 Å². The molecular formula is C13H16N4OS. The fourth-order valence-electron chi connectivity index (χ4n) is 1.50. The van der Waals surface area contributed by atoms with Crippen molar-refractivity contribution in [2.45, 2.75) is 11.7 Å². The Hall–Kier alpha value is -1.95. The van der Waals surface area contributed by atoms with Crippen LogP contribution in [0.3, 0.4) is 0 Å². The van der Waals surface area contributed by atoms with Gasteiger partial charge in [0, 0.05) is 12.3 Å². The summed E-state index contributed by atoms with van der Waals surface area (Å²) in [4.78, 5) is 4.03. The topological polar surface area (TPSA) is 62.8 Å². The molecule has 19 heavy (non-hydrogen) atoms. The molecule has 0 atom stereocenters. The molecule has 2 N–H and O–H groups in total. The fourth-order valence-corrected chi connectivity index (χ4v) is 2.10.